The van der Waals surface area contributed by atoms with Crippen LogP contribution in [-0.4, -0.2) is 30.9 Å². The van der Waals surface area contributed by atoms with Crippen LogP contribution >= 0.6 is 15.9 Å². The van der Waals surface area contributed by atoms with E-state index in [9.17, 15) is 9.18 Å². The Hall–Kier alpha value is -2.81. The number of H-pyrrole nitrogens is 2. The van der Waals surface area contributed by atoms with Crippen LogP contribution in [0.1, 0.15) is 29.2 Å². The second kappa shape index (κ2) is 5.92. The summed E-state index contributed by atoms with van der Waals surface area (Å²) in [6.07, 6.45) is 2.36. The molecule has 0 saturated carbocycles. The predicted octanol–water partition coefficient (Wildman–Crippen LogP) is 3.65. The molecule has 0 fully saturated rings. The molecule has 0 bridgehead atoms. The van der Waals surface area contributed by atoms with Gasteiger partial charge in [-0.2, -0.15) is 0 Å². The highest BCUT2D eigenvalue weighted by Crippen LogP contribution is 2.23. The van der Waals surface area contributed by atoms with Crippen molar-refractivity contribution in [1.82, 2.24) is 24.9 Å². The number of aromatic nitrogens is 5. The number of halogens is 2. The molecule has 9 heteroatoms. The quantitative estimate of drug-likeness (QED) is 0.508. The van der Waals surface area contributed by atoms with Crippen LogP contribution in [0.4, 0.5) is 4.39 Å². The van der Waals surface area contributed by atoms with Crippen LogP contribution in [0.3, 0.4) is 0 Å². The van der Waals surface area contributed by atoms with Crippen LogP contribution in [-0.2, 0) is 4.74 Å². The van der Waals surface area contributed by atoms with E-state index < -0.39 is 17.9 Å². The van der Waals surface area contributed by atoms with Gasteiger partial charge in [0, 0.05) is 16.7 Å². The van der Waals surface area contributed by atoms with Crippen LogP contribution < -0.4 is 0 Å². The lowest BCUT2D eigenvalue weighted by atomic mass is 10.2. The lowest BCUT2D eigenvalue weighted by molar-refractivity contribution is 0.0317. The van der Waals surface area contributed by atoms with Gasteiger partial charge in [-0.15, -0.1) is 0 Å². The minimum absolute atomic E-state index is 0.177. The fourth-order valence-corrected chi connectivity index (χ4v) is 2.81. The zero-order valence-electron chi connectivity index (χ0n) is 12.9. The van der Waals surface area contributed by atoms with Crippen molar-refractivity contribution in [2.75, 3.05) is 0 Å². The van der Waals surface area contributed by atoms with Gasteiger partial charge in [-0.25, -0.2) is 24.1 Å². The second-order valence-corrected chi connectivity index (χ2v) is 6.36. The van der Waals surface area contributed by atoms with Crippen molar-refractivity contribution in [1.29, 1.82) is 0 Å². The van der Waals surface area contributed by atoms with Gasteiger partial charge in [-0.3, -0.25) is 0 Å². The highest BCUT2D eigenvalue weighted by atomic mass is 79.9. The molecule has 4 aromatic rings. The first-order chi connectivity index (χ1) is 12.0. The SMILES string of the molecule is C[C@H](OC(=O)c1cc2nc[nH]c2cc1F)c1nc2ncc(Br)cc2[nH]1. The number of imidazole rings is 2. The summed E-state index contributed by atoms with van der Waals surface area (Å²) in [5.41, 5.74) is 2.03. The lowest BCUT2D eigenvalue weighted by Crippen LogP contribution is -2.12. The number of carbonyl (C=O) groups is 1. The minimum Gasteiger partial charge on any atom is -0.451 e. The van der Waals surface area contributed by atoms with Crippen molar-refractivity contribution < 1.29 is 13.9 Å². The fourth-order valence-electron chi connectivity index (χ4n) is 2.48. The summed E-state index contributed by atoms with van der Waals surface area (Å²) in [6.45, 7) is 1.65. The van der Waals surface area contributed by atoms with Gasteiger partial charge in [0.05, 0.1) is 28.4 Å². The number of rotatable bonds is 3. The third-order valence-electron chi connectivity index (χ3n) is 3.72. The van der Waals surface area contributed by atoms with Crippen LogP contribution in [0.15, 0.2) is 35.2 Å². The fraction of sp³-hybridized carbons (Fsp3) is 0.125. The Morgan fingerprint density at radius 1 is 1.28 bits per heavy atom. The number of pyridine rings is 1. The van der Waals surface area contributed by atoms with E-state index in [2.05, 4.69) is 40.8 Å². The van der Waals surface area contributed by atoms with E-state index >= 15 is 0 Å². The van der Waals surface area contributed by atoms with Gasteiger partial charge in [0.2, 0.25) is 0 Å². The third kappa shape index (κ3) is 2.86. The molecular formula is C16H11BrFN5O2. The molecule has 1 aromatic carbocycles. The average molecular weight is 404 g/mol. The van der Waals surface area contributed by atoms with Crippen molar-refractivity contribution in [2.24, 2.45) is 0 Å². The molecule has 4 rings (SSSR count). The summed E-state index contributed by atoms with van der Waals surface area (Å²) >= 11 is 3.33. The van der Waals surface area contributed by atoms with Gasteiger partial charge < -0.3 is 14.7 Å². The summed E-state index contributed by atoms with van der Waals surface area (Å²) in [5.74, 6) is -1.04. The van der Waals surface area contributed by atoms with E-state index in [0.29, 0.717) is 28.0 Å². The van der Waals surface area contributed by atoms with Crippen molar-refractivity contribution in [3.63, 3.8) is 0 Å². The molecule has 0 aliphatic heterocycles. The maximum absolute atomic E-state index is 14.1. The maximum atomic E-state index is 14.1. The first kappa shape index (κ1) is 15.7. The molecule has 3 heterocycles. The van der Waals surface area contributed by atoms with E-state index in [1.807, 2.05) is 6.07 Å². The zero-order chi connectivity index (χ0) is 17.6. The van der Waals surface area contributed by atoms with Crippen molar-refractivity contribution in [3.05, 3.63) is 52.4 Å². The number of ether oxygens (including phenoxy) is 1. The van der Waals surface area contributed by atoms with Gasteiger partial charge in [0.1, 0.15) is 11.6 Å². The van der Waals surface area contributed by atoms with Crippen molar-refractivity contribution in [3.8, 4) is 0 Å². The number of benzene rings is 1. The average Bonchev–Trinajstić information content (AvgIpc) is 3.19. The molecule has 3 aromatic heterocycles. The monoisotopic (exact) mass is 403 g/mol. The topological polar surface area (TPSA) is 96.6 Å². The molecule has 0 unspecified atom stereocenters. The molecule has 0 aliphatic carbocycles. The number of nitrogens with zero attached hydrogens (tertiary/aromatic N) is 3. The Balaban J connectivity index is 1.60. The van der Waals surface area contributed by atoms with Gasteiger partial charge in [0.25, 0.3) is 0 Å². The Morgan fingerprint density at radius 3 is 2.96 bits per heavy atom. The van der Waals surface area contributed by atoms with Crippen LogP contribution in [0, 0.1) is 5.82 Å². The lowest BCUT2D eigenvalue weighted by Gasteiger charge is -2.11. The van der Waals surface area contributed by atoms with Crippen LogP contribution in [0.25, 0.3) is 22.2 Å². The Morgan fingerprint density at radius 2 is 2.12 bits per heavy atom. The van der Waals surface area contributed by atoms with E-state index in [4.69, 9.17) is 4.74 Å². The second-order valence-electron chi connectivity index (χ2n) is 5.45. The summed E-state index contributed by atoms with van der Waals surface area (Å²) in [5, 5.41) is 0. The summed E-state index contributed by atoms with van der Waals surface area (Å²) in [4.78, 5) is 30.6. The molecule has 0 spiro atoms. The van der Waals surface area contributed by atoms with Gasteiger partial charge in [-0.05, 0) is 35.0 Å². The van der Waals surface area contributed by atoms with E-state index in [0.717, 1.165) is 4.47 Å². The molecular weight excluding hydrogens is 393 g/mol. The Kier molecular flexibility index (Phi) is 3.72. The van der Waals surface area contributed by atoms with Gasteiger partial charge in [0.15, 0.2) is 11.8 Å². The normalized spacial score (nSPS) is 12.6. The third-order valence-corrected chi connectivity index (χ3v) is 4.15. The molecule has 0 radical (unpaired) electrons. The van der Waals surface area contributed by atoms with E-state index in [-0.39, 0.29) is 5.56 Å². The molecule has 0 amide bonds. The molecule has 126 valence electrons. The smallest absolute Gasteiger partial charge is 0.341 e. The molecule has 1 atom stereocenters. The van der Waals surface area contributed by atoms with Crippen LogP contribution in [0.2, 0.25) is 0 Å². The first-order valence-corrected chi connectivity index (χ1v) is 8.15. The summed E-state index contributed by atoms with van der Waals surface area (Å²) < 4.78 is 20.3. The Labute approximate surface area is 148 Å². The van der Waals surface area contributed by atoms with E-state index in [1.165, 1.54) is 18.5 Å². The summed E-state index contributed by atoms with van der Waals surface area (Å²) in [6, 6.07) is 4.39. The van der Waals surface area contributed by atoms with Crippen molar-refractivity contribution in [2.45, 2.75) is 13.0 Å². The van der Waals surface area contributed by atoms with Crippen molar-refractivity contribution >= 4 is 44.1 Å². The van der Waals surface area contributed by atoms with E-state index in [1.54, 1.807) is 13.1 Å². The standard InChI is InChI=1S/C16H11BrFN5O2/c1-7(14-22-13-2-8(17)5-19-15(13)23-14)25-16(24)9-3-11-12(4-10(9)18)21-6-20-11/h2-7H,1H3,(H,20,21)(H,19,22,23)/t7-/m0/s1. The molecule has 7 nitrogen and oxygen atoms in total. The number of hydrogen-bond acceptors (Lipinski definition) is 5. The molecule has 0 aliphatic rings. The van der Waals surface area contributed by atoms with Crippen LogP contribution in [0.5, 0.6) is 0 Å². The maximum Gasteiger partial charge on any atom is 0.341 e. The highest BCUT2D eigenvalue weighted by Gasteiger charge is 2.21. The zero-order valence-corrected chi connectivity index (χ0v) is 14.5. The first-order valence-electron chi connectivity index (χ1n) is 7.36. The number of hydrogen-bond donors (Lipinski definition) is 2. The highest BCUT2D eigenvalue weighted by molar-refractivity contribution is 9.10. The summed E-state index contributed by atoms with van der Waals surface area (Å²) in [7, 11) is 0. The number of fused-ring (bicyclic) bond motifs is 2. The predicted molar refractivity (Wildman–Crippen MR) is 91.5 cm³/mol. The number of nitrogens with one attached hydrogen (secondary N) is 2. The molecule has 2 N–H and O–H groups in total. The van der Waals surface area contributed by atoms with Gasteiger partial charge >= 0.3 is 5.97 Å². The molecule has 0 saturated heterocycles. The van der Waals surface area contributed by atoms with Gasteiger partial charge in [-0.1, -0.05) is 0 Å². The number of carbonyl (C=O) groups excluding carboxylic acids is 1. The Bertz CT molecular complexity index is 1110. The minimum atomic E-state index is -0.788. The largest absolute Gasteiger partial charge is 0.451 e. The molecule has 25 heavy (non-hydrogen) atoms. The number of aromatic amines is 2. The number of esters is 1.